The minimum atomic E-state index is -1.96. The minimum Gasteiger partial charge on any atom is -0.458 e. The Hall–Kier alpha value is -3.30. The van der Waals surface area contributed by atoms with Crippen molar-refractivity contribution in [2.45, 2.75) is 51.0 Å². The average molecular weight is 466 g/mol. The van der Waals surface area contributed by atoms with Crippen molar-refractivity contribution in [3.63, 3.8) is 0 Å². The van der Waals surface area contributed by atoms with Gasteiger partial charge in [0.2, 0.25) is 0 Å². The van der Waals surface area contributed by atoms with Crippen molar-refractivity contribution in [3.8, 4) is 11.3 Å². The van der Waals surface area contributed by atoms with E-state index in [1.807, 2.05) is 4.57 Å². The van der Waals surface area contributed by atoms with E-state index >= 15 is 0 Å². The fourth-order valence-electron chi connectivity index (χ4n) is 5.63. The first kappa shape index (κ1) is 21.2. The topological polar surface area (TPSA) is 99.8 Å². The summed E-state index contributed by atoms with van der Waals surface area (Å²) in [6, 6.07) is 5.76. The highest BCUT2D eigenvalue weighted by Gasteiger charge is 2.45. The Morgan fingerprint density at radius 1 is 1.18 bits per heavy atom. The Bertz CT molecular complexity index is 1500. The van der Waals surface area contributed by atoms with E-state index in [0.717, 1.165) is 12.8 Å². The molecule has 0 bridgehead atoms. The molecule has 0 saturated carbocycles. The molecule has 0 radical (unpaired) electrons. The van der Waals surface area contributed by atoms with Gasteiger partial charge in [-0.05, 0) is 43.5 Å². The van der Waals surface area contributed by atoms with E-state index < -0.39 is 22.9 Å². The van der Waals surface area contributed by atoms with Crippen LogP contribution in [-0.2, 0) is 33.0 Å². The van der Waals surface area contributed by atoms with Gasteiger partial charge >= 0.3 is 5.97 Å². The van der Waals surface area contributed by atoms with Crippen molar-refractivity contribution >= 4 is 16.9 Å². The fraction of sp³-hybridized carbons (Fsp3) is 0.400. The summed E-state index contributed by atoms with van der Waals surface area (Å²) in [6.07, 6.45) is 1.47. The first-order valence-electron chi connectivity index (χ1n) is 11.5. The number of esters is 1. The molecule has 0 aliphatic carbocycles. The van der Waals surface area contributed by atoms with Crippen LogP contribution < -0.4 is 11.0 Å². The number of fused-ring (bicyclic) bond motifs is 5. The Balaban J connectivity index is 1.69. The molecule has 1 N–H and O–H groups in total. The van der Waals surface area contributed by atoms with Crippen molar-refractivity contribution in [2.75, 3.05) is 13.2 Å². The quantitative estimate of drug-likeness (QED) is 0.456. The SMILES string of the molecule is CC[C@@]1(O)C(=O)OCc2c1cc1n(c2=O)Cc2c-1c(=O)c1cc(F)ccc1n2C1CCOCC1. The van der Waals surface area contributed by atoms with Crippen molar-refractivity contribution < 1.29 is 23.8 Å². The summed E-state index contributed by atoms with van der Waals surface area (Å²) in [4.78, 5) is 39.6. The van der Waals surface area contributed by atoms with Crippen LogP contribution in [0.2, 0.25) is 0 Å². The number of pyridine rings is 2. The maximum absolute atomic E-state index is 14.2. The molecule has 34 heavy (non-hydrogen) atoms. The van der Waals surface area contributed by atoms with Crippen molar-refractivity contribution in [1.29, 1.82) is 0 Å². The normalized spacial score (nSPS) is 21.8. The van der Waals surface area contributed by atoms with E-state index in [4.69, 9.17) is 9.47 Å². The summed E-state index contributed by atoms with van der Waals surface area (Å²) in [5.41, 5.74) is -0.442. The van der Waals surface area contributed by atoms with Crippen molar-refractivity contribution in [2.24, 2.45) is 0 Å². The number of halogens is 1. The molecule has 3 aliphatic heterocycles. The average Bonchev–Trinajstić information content (AvgIpc) is 3.23. The van der Waals surface area contributed by atoms with Crippen LogP contribution in [0.3, 0.4) is 0 Å². The van der Waals surface area contributed by atoms with E-state index in [2.05, 4.69) is 0 Å². The van der Waals surface area contributed by atoms with Crippen LogP contribution >= 0.6 is 0 Å². The van der Waals surface area contributed by atoms with Crippen LogP contribution in [0, 0.1) is 5.82 Å². The standard InChI is InChI=1S/C25H23FN2O6/c1-2-25(32)17-10-19-21-20(11-27(19)23(30)16(17)12-34-24(25)31)28(14-5-7-33-8-6-14)18-4-3-13(26)9-15(18)22(21)29/h3-4,9-10,14,32H,2,5-8,11-12H2,1H3/t25-/m0/s1. The van der Waals surface area contributed by atoms with Gasteiger partial charge in [-0.15, -0.1) is 0 Å². The summed E-state index contributed by atoms with van der Waals surface area (Å²) in [7, 11) is 0. The van der Waals surface area contributed by atoms with Crippen LogP contribution in [0.4, 0.5) is 4.39 Å². The second kappa shape index (κ2) is 7.35. The van der Waals surface area contributed by atoms with E-state index in [-0.39, 0.29) is 47.6 Å². The van der Waals surface area contributed by atoms with Crippen molar-refractivity contribution in [1.82, 2.24) is 9.13 Å². The molecule has 0 spiro atoms. The second-order valence-electron chi connectivity index (χ2n) is 9.13. The number of carbonyl (C=O) groups excluding carboxylic acids is 1. The van der Waals surface area contributed by atoms with E-state index in [0.29, 0.717) is 35.7 Å². The highest BCUT2D eigenvalue weighted by Crippen LogP contribution is 2.40. The molecule has 1 atom stereocenters. The molecule has 9 heteroatoms. The van der Waals surface area contributed by atoms with Crippen LogP contribution in [0.1, 0.15) is 49.0 Å². The number of aromatic nitrogens is 2. The minimum absolute atomic E-state index is 0.0177. The molecule has 3 aromatic rings. The molecule has 1 saturated heterocycles. The molecule has 176 valence electrons. The maximum Gasteiger partial charge on any atom is 0.343 e. The van der Waals surface area contributed by atoms with Gasteiger partial charge in [0.05, 0.1) is 34.6 Å². The third kappa shape index (κ3) is 2.74. The molecule has 1 aromatic carbocycles. The predicted molar refractivity (Wildman–Crippen MR) is 120 cm³/mol. The number of aliphatic hydroxyl groups is 1. The number of cyclic esters (lactones) is 1. The van der Waals surface area contributed by atoms with Crippen LogP contribution in [0.25, 0.3) is 22.2 Å². The van der Waals surface area contributed by atoms with Crippen LogP contribution in [-0.4, -0.2) is 33.4 Å². The zero-order valence-electron chi connectivity index (χ0n) is 18.6. The molecular weight excluding hydrogens is 443 g/mol. The summed E-state index contributed by atoms with van der Waals surface area (Å²) < 4.78 is 28.4. The predicted octanol–water partition coefficient (Wildman–Crippen LogP) is 2.34. The smallest absolute Gasteiger partial charge is 0.343 e. The number of benzene rings is 1. The maximum atomic E-state index is 14.2. The van der Waals surface area contributed by atoms with Gasteiger partial charge in [-0.25, -0.2) is 9.18 Å². The van der Waals surface area contributed by atoms with E-state index in [1.54, 1.807) is 19.1 Å². The number of rotatable bonds is 2. The molecule has 5 heterocycles. The third-order valence-corrected chi connectivity index (χ3v) is 7.43. The summed E-state index contributed by atoms with van der Waals surface area (Å²) in [5, 5.41) is 11.3. The first-order valence-corrected chi connectivity index (χ1v) is 11.5. The summed E-state index contributed by atoms with van der Waals surface area (Å²) in [5.74, 6) is -1.34. The van der Waals surface area contributed by atoms with E-state index in [1.165, 1.54) is 16.7 Å². The van der Waals surface area contributed by atoms with Gasteiger partial charge in [0.25, 0.3) is 5.56 Å². The Labute approximate surface area is 193 Å². The van der Waals surface area contributed by atoms with Gasteiger partial charge < -0.3 is 23.7 Å². The monoisotopic (exact) mass is 466 g/mol. The van der Waals surface area contributed by atoms with E-state index in [9.17, 15) is 23.9 Å². The number of hydrogen-bond donors (Lipinski definition) is 1. The lowest BCUT2D eigenvalue weighted by atomic mass is 9.85. The lowest BCUT2D eigenvalue weighted by Gasteiger charge is -2.31. The number of nitrogens with zero attached hydrogens (tertiary/aromatic N) is 2. The molecule has 0 amide bonds. The molecule has 0 unspecified atom stereocenters. The van der Waals surface area contributed by atoms with Crippen molar-refractivity contribution in [3.05, 3.63) is 67.5 Å². The molecule has 2 aromatic heterocycles. The Kier molecular flexibility index (Phi) is 4.59. The van der Waals surface area contributed by atoms with Gasteiger partial charge in [-0.2, -0.15) is 0 Å². The Morgan fingerprint density at radius 2 is 1.94 bits per heavy atom. The van der Waals surface area contributed by atoms with Gasteiger partial charge in [0, 0.05) is 30.2 Å². The molecule has 3 aliphatic rings. The van der Waals surface area contributed by atoms with Gasteiger partial charge in [0.15, 0.2) is 11.0 Å². The van der Waals surface area contributed by atoms with Crippen LogP contribution in [0.5, 0.6) is 0 Å². The molecule has 8 nitrogen and oxygen atoms in total. The fourth-order valence-corrected chi connectivity index (χ4v) is 5.63. The Morgan fingerprint density at radius 3 is 2.68 bits per heavy atom. The zero-order valence-corrected chi connectivity index (χ0v) is 18.6. The first-order chi connectivity index (χ1) is 16.3. The number of hydrogen-bond acceptors (Lipinski definition) is 6. The molecule has 1 fully saturated rings. The number of ether oxygens (including phenoxy) is 2. The largest absolute Gasteiger partial charge is 0.458 e. The summed E-state index contributed by atoms with van der Waals surface area (Å²) in [6.45, 7) is 2.69. The number of carbonyl (C=O) groups is 1. The highest BCUT2D eigenvalue weighted by atomic mass is 19.1. The third-order valence-electron chi connectivity index (χ3n) is 7.43. The van der Waals surface area contributed by atoms with Gasteiger partial charge in [0.1, 0.15) is 12.4 Å². The second-order valence-corrected chi connectivity index (χ2v) is 9.13. The van der Waals surface area contributed by atoms with Crippen LogP contribution in [0.15, 0.2) is 33.9 Å². The summed E-state index contributed by atoms with van der Waals surface area (Å²) >= 11 is 0. The highest BCUT2D eigenvalue weighted by molar-refractivity contribution is 5.88. The lowest BCUT2D eigenvalue weighted by molar-refractivity contribution is -0.172. The lowest BCUT2D eigenvalue weighted by Crippen LogP contribution is -2.44. The van der Waals surface area contributed by atoms with Gasteiger partial charge in [-0.1, -0.05) is 6.92 Å². The molecular formula is C25H23FN2O6. The van der Waals surface area contributed by atoms with Gasteiger partial charge in [-0.3, -0.25) is 9.59 Å². The molecule has 6 rings (SSSR count). The zero-order chi connectivity index (χ0) is 23.8.